The first-order valence-corrected chi connectivity index (χ1v) is 6.67. The third-order valence-corrected chi connectivity index (χ3v) is 3.29. The Morgan fingerprint density at radius 1 is 1.47 bits per heavy atom. The van der Waals surface area contributed by atoms with E-state index in [1.165, 1.54) is 5.56 Å². The van der Waals surface area contributed by atoms with Crippen LogP contribution >= 0.6 is 0 Å². The lowest BCUT2D eigenvalue weighted by Gasteiger charge is -2.20. The van der Waals surface area contributed by atoms with Crippen LogP contribution < -0.4 is 5.73 Å². The molecule has 1 atom stereocenters. The van der Waals surface area contributed by atoms with Crippen molar-refractivity contribution in [3.05, 3.63) is 30.1 Å². The lowest BCUT2D eigenvalue weighted by atomic mass is 10.1. The van der Waals surface area contributed by atoms with Gasteiger partial charge in [-0.1, -0.05) is 6.07 Å². The minimum atomic E-state index is -0.329. The summed E-state index contributed by atoms with van der Waals surface area (Å²) in [5.74, 6) is 0. The number of aromatic nitrogens is 2. The average Bonchev–Trinajstić information content (AvgIpc) is 2.83. The summed E-state index contributed by atoms with van der Waals surface area (Å²) in [4.78, 5) is 9.46. The molecule has 0 radical (unpaired) electrons. The Bertz CT molecular complexity index is 511. The maximum Gasteiger partial charge on any atom is 0.0931 e. The van der Waals surface area contributed by atoms with E-state index in [4.69, 9.17) is 5.73 Å². The number of fused-ring (bicyclic) bond motifs is 1. The van der Waals surface area contributed by atoms with Crippen molar-refractivity contribution in [2.45, 2.75) is 18.9 Å². The van der Waals surface area contributed by atoms with Crippen molar-refractivity contribution in [2.24, 2.45) is 5.73 Å². The smallest absolute Gasteiger partial charge is 0.0931 e. The highest BCUT2D eigenvalue weighted by Gasteiger charge is 2.07. The predicted octanol–water partition coefficient (Wildman–Crippen LogP) is 0.747. The molecule has 0 fully saturated rings. The molecule has 2 rings (SSSR count). The molecule has 1 heterocycles. The largest absolute Gasteiger partial charge is 0.392 e. The number of aromatic amines is 1. The van der Waals surface area contributed by atoms with E-state index in [1.807, 2.05) is 13.1 Å². The van der Waals surface area contributed by atoms with Crippen LogP contribution in [0, 0.1) is 0 Å². The van der Waals surface area contributed by atoms with Crippen LogP contribution in [0.1, 0.15) is 12.0 Å². The van der Waals surface area contributed by atoms with Crippen LogP contribution in [-0.4, -0.2) is 52.8 Å². The minimum Gasteiger partial charge on any atom is -0.392 e. The monoisotopic (exact) mass is 262 g/mol. The second kappa shape index (κ2) is 6.65. The molecule has 4 N–H and O–H groups in total. The van der Waals surface area contributed by atoms with Gasteiger partial charge in [0, 0.05) is 13.1 Å². The van der Waals surface area contributed by atoms with Crippen LogP contribution in [0.25, 0.3) is 11.0 Å². The molecule has 0 aliphatic carbocycles. The molecule has 0 spiro atoms. The summed E-state index contributed by atoms with van der Waals surface area (Å²) in [6.07, 6.45) is 3.00. The summed E-state index contributed by atoms with van der Waals surface area (Å²) in [5, 5.41) is 9.70. The molecular weight excluding hydrogens is 240 g/mol. The lowest BCUT2D eigenvalue weighted by Crippen LogP contribution is -2.32. The predicted molar refractivity (Wildman–Crippen MR) is 77.0 cm³/mol. The third-order valence-electron chi connectivity index (χ3n) is 3.29. The molecule has 19 heavy (non-hydrogen) atoms. The van der Waals surface area contributed by atoms with E-state index in [0.717, 1.165) is 24.0 Å². The number of rotatable bonds is 7. The van der Waals surface area contributed by atoms with Crippen molar-refractivity contribution >= 4 is 11.0 Å². The number of imidazole rings is 1. The van der Waals surface area contributed by atoms with E-state index >= 15 is 0 Å². The number of nitrogens with two attached hydrogens (primary N) is 1. The van der Waals surface area contributed by atoms with Gasteiger partial charge in [-0.25, -0.2) is 4.98 Å². The summed E-state index contributed by atoms with van der Waals surface area (Å²) in [5.41, 5.74) is 8.77. The van der Waals surface area contributed by atoms with Gasteiger partial charge in [0.1, 0.15) is 0 Å². The second-order valence-electron chi connectivity index (χ2n) is 5.00. The standard InChI is InChI=1S/C14H22N4O/c1-18(9-12(19)4-6-15)7-5-11-2-3-13-14(8-11)17-10-16-13/h2-3,8,10,12,19H,4-7,9,15H2,1H3,(H,16,17). The average molecular weight is 262 g/mol. The van der Waals surface area contributed by atoms with Gasteiger partial charge < -0.3 is 20.7 Å². The van der Waals surface area contributed by atoms with Crippen molar-refractivity contribution in [1.82, 2.24) is 14.9 Å². The summed E-state index contributed by atoms with van der Waals surface area (Å²) in [6.45, 7) is 2.12. The van der Waals surface area contributed by atoms with Crippen LogP contribution in [0.15, 0.2) is 24.5 Å². The molecule has 1 aromatic heterocycles. The number of nitrogens with zero attached hydrogens (tertiary/aromatic N) is 2. The van der Waals surface area contributed by atoms with Gasteiger partial charge in [-0.2, -0.15) is 0 Å². The van der Waals surface area contributed by atoms with Crippen LogP contribution in [-0.2, 0) is 6.42 Å². The van der Waals surface area contributed by atoms with Gasteiger partial charge in [-0.15, -0.1) is 0 Å². The highest BCUT2D eigenvalue weighted by Crippen LogP contribution is 2.12. The van der Waals surface area contributed by atoms with E-state index in [0.29, 0.717) is 19.5 Å². The van der Waals surface area contributed by atoms with Gasteiger partial charge in [-0.3, -0.25) is 0 Å². The molecule has 0 amide bonds. The Balaban J connectivity index is 1.84. The number of aliphatic hydroxyl groups excluding tert-OH is 1. The molecule has 5 nitrogen and oxygen atoms in total. The summed E-state index contributed by atoms with van der Waals surface area (Å²) in [7, 11) is 2.02. The summed E-state index contributed by atoms with van der Waals surface area (Å²) < 4.78 is 0. The number of likely N-dealkylation sites (N-methyl/N-ethyl adjacent to an activating group) is 1. The van der Waals surface area contributed by atoms with Crippen molar-refractivity contribution in [3.63, 3.8) is 0 Å². The molecule has 1 unspecified atom stereocenters. The van der Waals surface area contributed by atoms with Gasteiger partial charge in [0.25, 0.3) is 0 Å². The fourth-order valence-electron chi connectivity index (χ4n) is 2.19. The van der Waals surface area contributed by atoms with Crippen molar-refractivity contribution in [1.29, 1.82) is 0 Å². The van der Waals surface area contributed by atoms with Crippen molar-refractivity contribution in [2.75, 3.05) is 26.7 Å². The van der Waals surface area contributed by atoms with E-state index in [2.05, 4.69) is 27.0 Å². The van der Waals surface area contributed by atoms with Gasteiger partial charge in [0.05, 0.1) is 23.5 Å². The first-order chi connectivity index (χ1) is 9.19. The van der Waals surface area contributed by atoms with Gasteiger partial charge in [-0.05, 0) is 44.1 Å². The molecule has 0 aliphatic rings. The first-order valence-electron chi connectivity index (χ1n) is 6.67. The fourth-order valence-corrected chi connectivity index (χ4v) is 2.19. The molecule has 104 valence electrons. The first kappa shape index (κ1) is 14.0. The highest BCUT2D eigenvalue weighted by atomic mass is 16.3. The minimum absolute atomic E-state index is 0.329. The number of hydrogen-bond donors (Lipinski definition) is 3. The van der Waals surface area contributed by atoms with Crippen LogP contribution in [0.5, 0.6) is 0 Å². The summed E-state index contributed by atoms with van der Waals surface area (Å²) >= 11 is 0. The molecule has 0 saturated carbocycles. The van der Waals surface area contributed by atoms with E-state index in [1.54, 1.807) is 6.33 Å². The molecule has 5 heteroatoms. The molecule has 0 bridgehead atoms. The number of H-pyrrole nitrogens is 1. The number of aliphatic hydroxyl groups is 1. The number of benzene rings is 1. The van der Waals surface area contributed by atoms with Crippen LogP contribution in [0.4, 0.5) is 0 Å². The quantitative estimate of drug-likeness (QED) is 0.688. The number of hydrogen-bond acceptors (Lipinski definition) is 4. The molecule has 0 saturated heterocycles. The van der Waals surface area contributed by atoms with Gasteiger partial charge >= 0.3 is 0 Å². The Hall–Kier alpha value is -1.43. The third kappa shape index (κ3) is 4.02. The maximum atomic E-state index is 9.70. The molecule has 1 aromatic carbocycles. The normalized spacial score (nSPS) is 13.3. The highest BCUT2D eigenvalue weighted by molar-refractivity contribution is 5.75. The second-order valence-corrected chi connectivity index (χ2v) is 5.00. The van der Waals surface area contributed by atoms with Gasteiger partial charge in [0.15, 0.2) is 0 Å². The molecular formula is C14H22N4O. The van der Waals surface area contributed by atoms with Crippen LogP contribution in [0.3, 0.4) is 0 Å². The maximum absolute atomic E-state index is 9.70. The summed E-state index contributed by atoms with van der Waals surface area (Å²) in [6, 6.07) is 6.27. The Kier molecular flexibility index (Phi) is 4.90. The SMILES string of the molecule is CN(CCc1ccc2nc[nH]c2c1)CC(O)CCN. The van der Waals surface area contributed by atoms with Crippen molar-refractivity contribution < 1.29 is 5.11 Å². The molecule has 2 aromatic rings. The zero-order chi connectivity index (χ0) is 13.7. The Morgan fingerprint density at radius 2 is 2.32 bits per heavy atom. The van der Waals surface area contributed by atoms with Crippen LogP contribution in [0.2, 0.25) is 0 Å². The Labute approximate surface area is 113 Å². The van der Waals surface area contributed by atoms with E-state index < -0.39 is 0 Å². The fraction of sp³-hybridized carbons (Fsp3) is 0.500. The number of nitrogens with one attached hydrogen (secondary N) is 1. The van der Waals surface area contributed by atoms with E-state index in [-0.39, 0.29) is 6.10 Å². The zero-order valence-electron chi connectivity index (χ0n) is 11.3. The van der Waals surface area contributed by atoms with E-state index in [9.17, 15) is 5.11 Å². The zero-order valence-corrected chi connectivity index (χ0v) is 11.3. The molecule has 0 aliphatic heterocycles. The topological polar surface area (TPSA) is 78.2 Å². The van der Waals surface area contributed by atoms with Crippen molar-refractivity contribution in [3.8, 4) is 0 Å². The van der Waals surface area contributed by atoms with Gasteiger partial charge in [0.2, 0.25) is 0 Å². The Morgan fingerprint density at radius 3 is 3.11 bits per heavy atom. The lowest BCUT2D eigenvalue weighted by molar-refractivity contribution is 0.120.